The van der Waals surface area contributed by atoms with E-state index in [2.05, 4.69) is 67.6 Å². The summed E-state index contributed by atoms with van der Waals surface area (Å²) in [5.74, 6) is 1.40. The van der Waals surface area contributed by atoms with E-state index in [4.69, 9.17) is 9.15 Å². The summed E-state index contributed by atoms with van der Waals surface area (Å²) >= 11 is 0. The lowest BCUT2D eigenvalue weighted by Crippen LogP contribution is -2.38. The van der Waals surface area contributed by atoms with Crippen LogP contribution in [-0.2, 0) is 11.2 Å². The van der Waals surface area contributed by atoms with Crippen LogP contribution in [0, 0.1) is 12.8 Å². The Kier molecular flexibility index (Phi) is 6.95. The Morgan fingerprint density at radius 3 is 2.47 bits per heavy atom. The van der Waals surface area contributed by atoms with Gasteiger partial charge in [0.25, 0.3) is 0 Å². The summed E-state index contributed by atoms with van der Waals surface area (Å²) in [6.45, 7) is 5.66. The second kappa shape index (κ2) is 10.4. The van der Waals surface area contributed by atoms with Crippen molar-refractivity contribution in [3.63, 3.8) is 0 Å². The van der Waals surface area contributed by atoms with Gasteiger partial charge in [0.1, 0.15) is 11.3 Å². The molecule has 0 radical (unpaired) electrons. The zero-order valence-electron chi connectivity index (χ0n) is 21.3. The average Bonchev–Trinajstić information content (AvgIpc) is 3.32. The predicted molar refractivity (Wildman–Crippen MR) is 146 cm³/mol. The monoisotopic (exact) mass is 479 g/mol. The van der Waals surface area contributed by atoms with E-state index in [-0.39, 0.29) is 5.91 Å². The number of likely N-dealkylation sites (tertiary alicyclic amines) is 1. The van der Waals surface area contributed by atoms with Gasteiger partial charge in [-0.3, -0.25) is 4.79 Å². The number of carbonyl (C=O) groups excluding carboxylic acids is 1. The minimum atomic E-state index is 0.0683. The molecule has 1 fully saturated rings. The fraction of sp³-hybridized carbons (Fsp3) is 0.281. The van der Waals surface area contributed by atoms with Gasteiger partial charge in [-0.15, -0.1) is 0 Å². The van der Waals surface area contributed by atoms with E-state index in [9.17, 15) is 4.79 Å². The molecule has 0 aliphatic carbocycles. The first-order valence-corrected chi connectivity index (χ1v) is 12.7. The van der Waals surface area contributed by atoms with E-state index in [1.165, 1.54) is 11.1 Å². The minimum Gasteiger partial charge on any atom is -0.496 e. The minimum absolute atomic E-state index is 0.0683. The summed E-state index contributed by atoms with van der Waals surface area (Å²) < 4.78 is 11.5. The van der Waals surface area contributed by atoms with E-state index in [1.807, 2.05) is 17.9 Å². The lowest BCUT2D eigenvalue weighted by molar-refractivity contribution is -0.127. The number of rotatable bonds is 6. The van der Waals surface area contributed by atoms with Crippen LogP contribution in [0.25, 0.3) is 27.7 Å². The van der Waals surface area contributed by atoms with Gasteiger partial charge in [-0.1, -0.05) is 60.2 Å². The molecule has 0 atom stereocenters. The normalized spacial score (nSPS) is 14.9. The largest absolute Gasteiger partial charge is 0.496 e. The maximum Gasteiger partial charge on any atom is 0.246 e. The van der Waals surface area contributed by atoms with Crippen molar-refractivity contribution in [1.29, 1.82) is 0 Å². The number of carbonyl (C=O) groups is 1. The zero-order valence-corrected chi connectivity index (χ0v) is 21.3. The molecule has 4 aromatic rings. The lowest BCUT2D eigenvalue weighted by atomic mass is 9.90. The second-order valence-corrected chi connectivity index (χ2v) is 9.85. The van der Waals surface area contributed by atoms with Crippen LogP contribution in [0.4, 0.5) is 0 Å². The topological polar surface area (TPSA) is 42.7 Å². The molecule has 1 aliphatic heterocycles. The van der Waals surface area contributed by atoms with E-state index in [0.717, 1.165) is 65.6 Å². The molecule has 184 valence electrons. The number of hydrogen-bond donors (Lipinski definition) is 0. The number of amides is 1. The summed E-state index contributed by atoms with van der Waals surface area (Å²) in [6.07, 6.45) is 6.72. The summed E-state index contributed by atoms with van der Waals surface area (Å²) in [5, 5.41) is 1.01. The van der Waals surface area contributed by atoms with Crippen LogP contribution in [0.3, 0.4) is 0 Å². The van der Waals surface area contributed by atoms with E-state index in [1.54, 1.807) is 19.4 Å². The molecular formula is C32H33NO3. The Bertz CT molecular complexity index is 1370. The summed E-state index contributed by atoms with van der Waals surface area (Å²) in [6, 6.07) is 23.1. The van der Waals surface area contributed by atoms with Gasteiger partial charge >= 0.3 is 0 Å². The number of nitrogens with zero attached hydrogens (tertiary/aromatic N) is 1. The van der Waals surface area contributed by atoms with Gasteiger partial charge in [0.15, 0.2) is 0 Å². The highest BCUT2D eigenvalue weighted by Crippen LogP contribution is 2.37. The molecule has 1 aromatic heterocycles. The number of furan rings is 1. The van der Waals surface area contributed by atoms with Crippen molar-refractivity contribution in [3.8, 4) is 16.9 Å². The number of hydrogen-bond acceptors (Lipinski definition) is 3. The molecule has 36 heavy (non-hydrogen) atoms. The van der Waals surface area contributed by atoms with Crippen LogP contribution in [0.5, 0.6) is 5.75 Å². The Morgan fingerprint density at radius 2 is 1.78 bits per heavy atom. The molecule has 0 spiro atoms. The quantitative estimate of drug-likeness (QED) is 0.273. The van der Waals surface area contributed by atoms with Crippen LogP contribution in [-0.4, -0.2) is 31.0 Å². The lowest BCUT2D eigenvalue weighted by Gasteiger charge is -2.31. The third-order valence-electron chi connectivity index (χ3n) is 7.32. The molecule has 4 nitrogen and oxygen atoms in total. The Balaban J connectivity index is 1.34. The summed E-state index contributed by atoms with van der Waals surface area (Å²) in [5.41, 5.74) is 7.30. The number of ether oxygens (including phenoxy) is 1. The van der Waals surface area contributed by atoms with Crippen molar-refractivity contribution in [2.75, 3.05) is 20.2 Å². The van der Waals surface area contributed by atoms with Gasteiger partial charge in [-0.2, -0.15) is 0 Å². The standard InChI is InChI=1S/C32H33NO3/c1-22-9-11-26(12-10-22)29-21-36-31-20-30(35-3)27(19-28(29)31)23(2)17-32(34)33-15-13-25(14-16-33)18-24-7-5-4-6-8-24/h4-12,17,19-21,25H,13-16,18H2,1-3H3/b23-17+. The smallest absolute Gasteiger partial charge is 0.246 e. The molecular weight excluding hydrogens is 446 g/mol. The highest BCUT2D eigenvalue weighted by molar-refractivity contribution is 6.00. The van der Waals surface area contributed by atoms with Gasteiger partial charge in [-0.05, 0) is 61.8 Å². The van der Waals surface area contributed by atoms with Gasteiger partial charge in [0.05, 0.1) is 13.4 Å². The fourth-order valence-electron chi connectivity index (χ4n) is 5.15. The van der Waals surface area contributed by atoms with Gasteiger partial charge < -0.3 is 14.1 Å². The maximum absolute atomic E-state index is 13.2. The highest BCUT2D eigenvalue weighted by atomic mass is 16.5. The average molecular weight is 480 g/mol. The van der Waals surface area contributed by atoms with Crippen LogP contribution < -0.4 is 4.74 Å². The molecule has 4 heteroatoms. The van der Waals surface area contributed by atoms with Crippen molar-refractivity contribution in [2.45, 2.75) is 33.1 Å². The van der Waals surface area contributed by atoms with Crippen molar-refractivity contribution in [1.82, 2.24) is 4.90 Å². The third-order valence-corrected chi connectivity index (χ3v) is 7.32. The molecule has 2 heterocycles. The summed E-state index contributed by atoms with van der Waals surface area (Å²) in [7, 11) is 1.65. The molecule has 0 unspecified atom stereocenters. The van der Waals surface area contributed by atoms with Gasteiger partial charge in [-0.25, -0.2) is 0 Å². The highest BCUT2D eigenvalue weighted by Gasteiger charge is 2.23. The number of benzene rings is 3. The van der Waals surface area contributed by atoms with Gasteiger partial charge in [0, 0.05) is 41.7 Å². The first kappa shape index (κ1) is 23.9. The van der Waals surface area contributed by atoms with Gasteiger partial charge in [0.2, 0.25) is 5.91 Å². The Hall–Kier alpha value is -3.79. The molecule has 0 N–H and O–H groups in total. The van der Waals surface area contributed by atoms with Crippen molar-refractivity contribution in [2.24, 2.45) is 5.92 Å². The van der Waals surface area contributed by atoms with Crippen LogP contribution in [0.1, 0.15) is 36.5 Å². The molecule has 1 saturated heterocycles. The molecule has 0 bridgehead atoms. The fourth-order valence-corrected chi connectivity index (χ4v) is 5.15. The molecule has 1 amide bonds. The SMILES string of the molecule is COc1cc2occ(-c3ccc(C)cc3)c2cc1/C(C)=C/C(=O)N1CCC(Cc2ccccc2)CC1. The van der Waals surface area contributed by atoms with Crippen LogP contribution in [0.15, 0.2) is 83.5 Å². The van der Waals surface area contributed by atoms with E-state index < -0.39 is 0 Å². The Labute approximate surface area is 213 Å². The first-order valence-electron chi connectivity index (χ1n) is 12.7. The number of piperidine rings is 1. The molecule has 3 aromatic carbocycles. The van der Waals surface area contributed by atoms with Crippen molar-refractivity contribution in [3.05, 3.63) is 95.8 Å². The third kappa shape index (κ3) is 5.08. The van der Waals surface area contributed by atoms with Crippen LogP contribution in [0.2, 0.25) is 0 Å². The van der Waals surface area contributed by atoms with E-state index in [0.29, 0.717) is 11.7 Å². The number of aryl methyl sites for hydroxylation is 1. The molecule has 0 saturated carbocycles. The Morgan fingerprint density at radius 1 is 1.06 bits per heavy atom. The molecule has 5 rings (SSSR count). The second-order valence-electron chi connectivity index (χ2n) is 9.85. The van der Waals surface area contributed by atoms with E-state index >= 15 is 0 Å². The predicted octanol–water partition coefficient (Wildman–Crippen LogP) is 7.30. The first-order chi connectivity index (χ1) is 17.5. The number of fused-ring (bicyclic) bond motifs is 1. The summed E-state index contributed by atoms with van der Waals surface area (Å²) in [4.78, 5) is 15.1. The molecule has 1 aliphatic rings. The number of methoxy groups -OCH3 is 1. The van der Waals surface area contributed by atoms with Crippen molar-refractivity contribution >= 4 is 22.4 Å². The van der Waals surface area contributed by atoms with Crippen LogP contribution >= 0.6 is 0 Å². The zero-order chi connectivity index (χ0) is 25.1. The number of allylic oxidation sites excluding steroid dienone is 1. The maximum atomic E-state index is 13.2. The van der Waals surface area contributed by atoms with Crippen molar-refractivity contribution < 1.29 is 13.9 Å².